The lowest BCUT2D eigenvalue weighted by atomic mass is 10.3. The van der Waals surface area contributed by atoms with Gasteiger partial charge in [0.15, 0.2) is 5.96 Å². The van der Waals surface area contributed by atoms with E-state index in [2.05, 4.69) is 20.6 Å². The molecule has 0 amide bonds. The van der Waals surface area contributed by atoms with Crippen molar-refractivity contribution in [1.29, 1.82) is 0 Å². The molecule has 0 aliphatic heterocycles. The number of guanidine groups is 1. The number of benzene rings is 1. The van der Waals surface area contributed by atoms with Gasteiger partial charge in [-0.05, 0) is 38.1 Å². The van der Waals surface area contributed by atoms with Crippen LogP contribution in [0.25, 0.3) is 0 Å². The van der Waals surface area contributed by atoms with E-state index in [1.165, 1.54) is 4.88 Å². The van der Waals surface area contributed by atoms with Crippen LogP contribution in [0.15, 0.2) is 35.5 Å². The van der Waals surface area contributed by atoms with E-state index in [0.29, 0.717) is 18.1 Å². The van der Waals surface area contributed by atoms with Crippen LogP contribution in [-0.2, 0) is 6.54 Å². The lowest BCUT2D eigenvalue weighted by Crippen LogP contribution is -2.41. The molecule has 1 unspecified atom stereocenters. The second kappa shape index (κ2) is 10.7. The number of nitrogens with zero attached hydrogens (tertiary/aromatic N) is 2. The van der Waals surface area contributed by atoms with Crippen molar-refractivity contribution < 1.29 is 4.74 Å². The van der Waals surface area contributed by atoms with Crippen molar-refractivity contribution in [3.8, 4) is 5.75 Å². The van der Waals surface area contributed by atoms with E-state index in [-0.39, 0.29) is 30.1 Å². The molecule has 0 aliphatic rings. The van der Waals surface area contributed by atoms with Gasteiger partial charge in [0.25, 0.3) is 0 Å². The molecule has 2 aromatic rings. The van der Waals surface area contributed by atoms with Gasteiger partial charge in [-0.3, -0.25) is 4.99 Å². The van der Waals surface area contributed by atoms with Crippen molar-refractivity contribution in [3.05, 3.63) is 45.4 Å². The van der Waals surface area contributed by atoms with E-state index in [1.54, 1.807) is 18.4 Å². The van der Waals surface area contributed by atoms with Crippen LogP contribution in [0.1, 0.15) is 16.8 Å². The fourth-order valence-corrected chi connectivity index (χ4v) is 2.74. The van der Waals surface area contributed by atoms with Crippen LogP contribution in [0, 0.1) is 6.92 Å². The zero-order valence-electron chi connectivity index (χ0n) is 13.9. The van der Waals surface area contributed by atoms with Crippen molar-refractivity contribution in [1.82, 2.24) is 15.6 Å². The van der Waals surface area contributed by atoms with E-state index in [0.717, 1.165) is 16.7 Å². The third-order valence-corrected chi connectivity index (χ3v) is 4.17. The number of aliphatic imine (C=N–C) groups is 1. The minimum Gasteiger partial charge on any atom is -0.489 e. The first kappa shape index (κ1) is 21.0. The molecule has 1 atom stereocenters. The number of aromatic nitrogens is 1. The summed E-state index contributed by atoms with van der Waals surface area (Å²) in [5, 5.41) is 8.22. The first-order valence-electron chi connectivity index (χ1n) is 7.35. The van der Waals surface area contributed by atoms with E-state index >= 15 is 0 Å². The number of ether oxygens (including phenoxy) is 1. The predicted octanol–water partition coefficient (Wildman–Crippen LogP) is 3.86. The van der Waals surface area contributed by atoms with Crippen molar-refractivity contribution in [2.75, 3.05) is 13.6 Å². The Morgan fingerprint density at radius 3 is 2.62 bits per heavy atom. The summed E-state index contributed by atoms with van der Waals surface area (Å²) in [7, 11) is 1.74. The second-order valence-corrected chi connectivity index (χ2v) is 6.81. The number of hydrogen-bond donors (Lipinski definition) is 2. The molecule has 1 heterocycles. The zero-order valence-corrected chi connectivity index (χ0v) is 17.8. The molecule has 0 aliphatic carbocycles. The molecule has 0 fully saturated rings. The summed E-state index contributed by atoms with van der Waals surface area (Å²) in [6.45, 7) is 5.34. The standard InChI is InChI=1S/C16H21ClN4OS.HI/c1-11(22-14-6-4-13(17)5-7-14)8-20-16(18-3)21-10-15-19-9-12(2)23-15;/h4-7,9,11H,8,10H2,1-3H3,(H2,18,20,21);1H. The molecular formula is C16H22ClIN4OS. The van der Waals surface area contributed by atoms with E-state index in [9.17, 15) is 0 Å². The summed E-state index contributed by atoms with van der Waals surface area (Å²) in [4.78, 5) is 9.72. The number of aryl methyl sites for hydroxylation is 1. The Morgan fingerprint density at radius 2 is 2.04 bits per heavy atom. The highest BCUT2D eigenvalue weighted by Crippen LogP contribution is 2.16. The van der Waals surface area contributed by atoms with Crippen molar-refractivity contribution in [2.45, 2.75) is 26.5 Å². The van der Waals surface area contributed by atoms with Gasteiger partial charge < -0.3 is 15.4 Å². The van der Waals surface area contributed by atoms with Crippen LogP contribution in [0.4, 0.5) is 0 Å². The highest BCUT2D eigenvalue weighted by molar-refractivity contribution is 14.0. The molecule has 2 N–H and O–H groups in total. The predicted molar refractivity (Wildman–Crippen MR) is 112 cm³/mol. The van der Waals surface area contributed by atoms with Crippen molar-refractivity contribution >= 4 is 52.9 Å². The maximum absolute atomic E-state index is 5.86. The Hall–Kier alpha value is -1.06. The quantitative estimate of drug-likeness (QED) is 0.375. The number of nitrogens with one attached hydrogen (secondary N) is 2. The van der Waals surface area contributed by atoms with Gasteiger partial charge in [-0.25, -0.2) is 4.98 Å². The summed E-state index contributed by atoms with van der Waals surface area (Å²) < 4.78 is 5.82. The molecule has 1 aromatic carbocycles. The van der Waals surface area contributed by atoms with Gasteiger partial charge in [0.05, 0.1) is 13.1 Å². The summed E-state index contributed by atoms with van der Waals surface area (Å²) >= 11 is 7.54. The zero-order chi connectivity index (χ0) is 16.7. The fourth-order valence-electron chi connectivity index (χ4n) is 1.89. The lowest BCUT2D eigenvalue weighted by molar-refractivity contribution is 0.224. The molecule has 2 rings (SSSR count). The van der Waals surface area contributed by atoms with E-state index in [4.69, 9.17) is 16.3 Å². The number of thiazole rings is 1. The molecule has 0 radical (unpaired) electrons. The molecule has 0 saturated carbocycles. The van der Waals surface area contributed by atoms with Crippen LogP contribution < -0.4 is 15.4 Å². The molecule has 0 spiro atoms. The average molecular weight is 481 g/mol. The minimum atomic E-state index is -0.00293. The van der Waals surface area contributed by atoms with Crippen LogP contribution in [0.2, 0.25) is 5.02 Å². The van der Waals surface area contributed by atoms with Crippen LogP contribution in [0.5, 0.6) is 5.75 Å². The fraction of sp³-hybridized carbons (Fsp3) is 0.375. The molecule has 8 heteroatoms. The maximum Gasteiger partial charge on any atom is 0.191 e. The third-order valence-electron chi connectivity index (χ3n) is 3.01. The molecule has 1 aromatic heterocycles. The van der Waals surface area contributed by atoms with Gasteiger partial charge in [0, 0.05) is 23.1 Å². The highest BCUT2D eigenvalue weighted by atomic mass is 127. The first-order chi connectivity index (χ1) is 11.1. The third kappa shape index (κ3) is 7.23. The summed E-state index contributed by atoms with van der Waals surface area (Å²) in [5.74, 6) is 1.52. The van der Waals surface area contributed by atoms with Gasteiger partial charge in [-0.1, -0.05) is 11.6 Å². The molecule has 5 nitrogen and oxygen atoms in total. The Bertz CT molecular complexity index is 648. The van der Waals surface area contributed by atoms with E-state index < -0.39 is 0 Å². The van der Waals surface area contributed by atoms with E-state index in [1.807, 2.05) is 44.3 Å². The van der Waals surface area contributed by atoms with Crippen molar-refractivity contribution in [3.63, 3.8) is 0 Å². The SMILES string of the molecule is CN=C(NCc1ncc(C)s1)NCC(C)Oc1ccc(Cl)cc1.I. The lowest BCUT2D eigenvalue weighted by Gasteiger charge is -2.17. The summed E-state index contributed by atoms with van der Waals surface area (Å²) in [5.41, 5.74) is 0. The molecule has 24 heavy (non-hydrogen) atoms. The van der Waals surface area contributed by atoms with Crippen LogP contribution in [0.3, 0.4) is 0 Å². The van der Waals surface area contributed by atoms with Gasteiger partial charge in [0.1, 0.15) is 16.9 Å². The normalized spacial score (nSPS) is 12.2. The monoisotopic (exact) mass is 480 g/mol. The highest BCUT2D eigenvalue weighted by Gasteiger charge is 2.06. The molecule has 132 valence electrons. The number of rotatable bonds is 6. The molecular weight excluding hydrogens is 459 g/mol. The Morgan fingerprint density at radius 1 is 1.33 bits per heavy atom. The van der Waals surface area contributed by atoms with Gasteiger partial charge in [-0.15, -0.1) is 35.3 Å². The van der Waals surface area contributed by atoms with Crippen LogP contribution in [-0.4, -0.2) is 30.6 Å². The maximum atomic E-state index is 5.86. The Kier molecular flexibility index (Phi) is 9.38. The Balaban J connectivity index is 0.00000288. The smallest absolute Gasteiger partial charge is 0.191 e. The minimum absolute atomic E-state index is 0. The first-order valence-corrected chi connectivity index (χ1v) is 8.54. The van der Waals surface area contributed by atoms with Gasteiger partial charge >= 0.3 is 0 Å². The summed E-state index contributed by atoms with van der Waals surface area (Å²) in [6, 6.07) is 7.34. The van der Waals surface area contributed by atoms with Crippen LogP contribution >= 0.6 is 46.9 Å². The second-order valence-electron chi connectivity index (χ2n) is 5.05. The molecule has 0 bridgehead atoms. The number of hydrogen-bond acceptors (Lipinski definition) is 4. The largest absolute Gasteiger partial charge is 0.489 e. The molecule has 0 saturated heterocycles. The Labute approximate surface area is 168 Å². The summed E-state index contributed by atoms with van der Waals surface area (Å²) in [6.07, 6.45) is 1.87. The number of halogens is 2. The van der Waals surface area contributed by atoms with Gasteiger partial charge in [-0.2, -0.15) is 0 Å². The van der Waals surface area contributed by atoms with Crippen molar-refractivity contribution in [2.24, 2.45) is 4.99 Å². The topological polar surface area (TPSA) is 58.5 Å². The average Bonchev–Trinajstić information content (AvgIpc) is 2.95. The van der Waals surface area contributed by atoms with Gasteiger partial charge in [0.2, 0.25) is 0 Å².